The van der Waals surface area contributed by atoms with Gasteiger partial charge in [0.1, 0.15) is 18.0 Å². The SMILES string of the molecule is CC(OCC1(c2ccc(F)cc2)CCN(C(=O)OC(C)(C)C)CC1)c1cc(Cl)cc2cn(CC#N)nc12. The normalized spacial score (nSPS) is 16.4. The second-order valence-electron chi connectivity index (χ2n) is 10.6. The van der Waals surface area contributed by atoms with Gasteiger partial charge in [-0.15, -0.1) is 0 Å². The van der Waals surface area contributed by atoms with Gasteiger partial charge in [0, 0.05) is 40.7 Å². The molecule has 196 valence electrons. The van der Waals surface area contributed by atoms with Gasteiger partial charge in [-0.25, -0.2) is 9.18 Å². The Morgan fingerprint density at radius 1 is 1.24 bits per heavy atom. The largest absolute Gasteiger partial charge is 0.444 e. The number of ether oxygens (including phenoxy) is 2. The first-order chi connectivity index (χ1) is 17.5. The van der Waals surface area contributed by atoms with Crippen molar-refractivity contribution in [3.8, 4) is 6.07 Å². The molecule has 1 aliphatic rings. The highest BCUT2D eigenvalue weighted by molar-refractivity contribution is 6.31. The van der Waals surface area contributed by atoms with E-state index < -0.39 is 11.0 Å². The number of halogens is 2. The molecule has 2 heterocycles. The van der Waals surface area contributed by atoms with E-state index >= 15 is 0 Å². The van der Waals surface area contributed by atoms with Crippen molar-refractivity contribution in [2.45, 2.75) is 64.2 Å². The summed E-state index contributed by atoms with van der Waals surface area (Å²) in [7, 11) is 0. The molecular weight excluding hydrogens is 495 g/mol. The average Bonchev–Trinajstić information content (AvgIpc) is 3.24. The Balaban J connectivity index is 1.56. The highest BCUT2D eigenvalue weighted by Gasteiger charge is 2.39. The third-order valence-corrected chi connectivity index (χ3v) is 6.98. The van der Waals surface area contributed by atoms with E-state index in [2.05, 4.69) is 11.2 Å². The number of fused-ring (bicyclic) bond motifs is 1. The summed E-state index contributed by atoms with van der Waals surface area (Å²) in [5.74, 6) is -0.298. The lowest BCUT2D eigenvalue weighted by atomic mass is 9.73. The van der Waals surface area contributed by atoms with Crippen molar-refractivity contribution in [1.82, 2.24) is 14.7 Å². The highest BCUT2D eigenvalue weighted by Crippen LogP contribution is 2.39. The van der Waals surface area contributed by atoms with Crippen LogP contribution < -0.4 is 0 Å². The molecule has 3 aromatic rings. The lowest BCUT2D eigenvalue weighted by molar-refractivity contribution is -0.00934. The molecule has 7 nitrogen and oxygen atoms in total. The van der Waals surface area contributed by atoms with E-state index in [-0.39, 0.29) is 24.6 Å². The zero-order valence-electron chi connectivity index (χ0n) is 21.6. The Hall–Kier alpha value is -3.15. The smallest absolute Gasteiger partial charge is 0.410 e. The second kappa shape index (κ2) is 10.7. The first-order valence-electron chi connectivity index (χ1n) is 12.4. The van der Waals surface area contributed by atoms with Crippen molar-refractivity contribution in [1.29, 1.82) is 5.26 Å². The van der Waals surface area contributed by atoms with Gasteiger partial charge < -0.3 is 14.4 Å². The summed E-state index contributed by atoms with van der Waals surface area (Å²) < 4.78 is 27.3. The minimum absolute atomic E-state index is 0.142. The highest BCUT2D eigenvalue weighted by atomic mass is 35.5. The van der Waals surface area contributed by atoms with Gasteiger partial charge in [0.2, 0.25) is 0 Å². The van der Waals surface area contributed by atoms with Gasteiger partial charge in [-0.3, -0.25) is 4.68 Å². The molecule has 1 saturated heterocycles. The molecule has 9 heteroatoms. The third-order valence-electron chi connectivity index (χ3n) is 6.76. The number of hydrogen-bond donors (Lipinski definition) is 0. The molecule has 0 aliphatic carbocycles. The maximum atomic E-state index is 13.7. The van der Waals surface area contributed by atoms with Gasteiger partial charge >= 0.3 is 6.09 Å². The third kappa shape index (κ3) is 6.23. The Kier molecular flexibility index (Phi) is 7.77. The van der Waals surface area contributed by atoms with E-state index in [1.54, 1.807) is 27.9 Å². The number of nitriles is 1. The maximum Gasteiger partial charge on any atom is 0.410 e. The average molecular weight is 527 g/mol. The molecule has 1 amide bonds. The molecule has 1 fully saturated rings. The van der Waals surface area contributed by atoms with Crippen LogP contribution in [0.2, 0.25) is 5.02 Å². The van der Waals surface area contributed by atoms with Crippen LogP contribution in [0.5, 0.6) is 0 Å². The summed E-state index contributed by atoms with van der Waals surface area (Å²) in [6.45, 7) is 9.02. The predicted octanol–water partition coefficient (Wildman–Crippen LogP) is 6.40. The maximum absolute atomic E-state index is 13.7. The molecule has 1 atom stereocenters. The minimum atomic E-state index is -0.566. The summed E-state index contributed by atoms with van der Waals surface area (Å²) in [6.07, 6.45) is 2.42. The fraction of sp³-hybridized carbons (Fsp3) is 0.464. The van der Waals surface area contributed by atoms with Crippen molar-refractivity contribution in [3.05, 3.63) is 64.6 Å². The van der Waals surface area contributed by atoms with E-state index in [0.29, 0.717) is 37.6 Å². The molecule has 2 aromatic carbocycles. The Morgan fingerprint density at radius 3 is 2.54 bits per heavy atom. The van der Waals surface area contributed by atoms with Gasteiger partial charge in [0.05, 0.1) is 24.3 Å². The van der Waals surface area contributed by atoms with E-state index in [4.69, 9.17) is 26.3 Å². The molecule has 0 spiro atoms. The van der Waals surface area contributed by atoms with Crippen LogP contribution in [0.25, 0.3) is 10.9 Å². The van der Waals surface area contributed by atoms with Crippen molar-refractivity contribution in [3.63, 3.8) is 0 Å². The lowest BCUT2D eigenvalue weighted by Crippen LogP contribution is -2.48. The molecule has 1 aromatic heterocycles. The Labute approximate surface area is 221 Å². The van der Waals surface area contributed by atoms with Gasteiger partial charge in [-0.2, -0.15) is 10.4 Å². The Morgan fingerprint density at radius 2 is 1.92 bits per heavy atom. The molecule has 0 saturated carbocycles. The molecule has 0 radical (unpaired) electrons. The van der Waals surface area contributed by atoms with Gasteiger partial charge in [0.15, 0.2) is 0 Å². The number of hydrogen-bond acceptors (Lipinski definition) is 5. The molecule has 1 aliphatic heterocycles. The van der Waals surface area contributed by atoms with Gasteiger partial charge in [-0.05, 0) is 70.4 Å². The van der Waals surface area contributed by atoms with Crippen molar-refractivity contribution >= 4 is 28.6 Å². The number of benzene rings is 2. The number of nitrogens with zero attached hydrogens (tertiary/aromatic N) is 4. The number of piperidine rings is 1. The fourth-order valence-corrected chi connectivity index (χ4v) is 5.01. The molecular formula is C28H32ClFN4O3. The van der Waals surface area contributed by atoms with Crippen LogP contribution in [-0.2, 0) is 21.4 Å². The standard InChI is InChI=1S/C28H32ClFN4O3/c1-19(24-16-22(29)15-20-17-34(14-11-31)32-25(20)24)36-18-28(21-5-7-23(30)8-6-21)9-12-33(13-10-28)26(35)37-27(2,3)4/h5-8,15-17,19H,9-10,12-14,18H2,1-4H3. The van der Waals surface area contributed by atoms with E-state index in [1.165, 1.54) is 12.1 Å². The van der Waals surface area contributed by atoms with E-state index in [1.807, 2.05) is 39.8 Å². The van der Waals surface area contributed by atoms with Gasteiger partial charge in [0.25, 0.3) is 0 Å². The molecule has 1 unspecified atom stereocenters. The first-order valence-corrected chi connectivity index (χ1v) is 12.8. The second-order valence-corrected chi connectivity index (χ2v) is 11.1. The molecule has 0 bridgehead atoms. The summed E-state index contributed by atoms with van der Waals surface area (Å²) in [4.78, 5) is 14.4. The van der Waals surface area contributed by atoms with Crippen molar-refractivity contribution in [2.75, 3.05) is 19.7 Å². The number of rotatable bonds is 6. The van der Waals surface area contributed by atoms with Crippen LogP contribution in [0.15, 0.2) is 42.6 Å². The molecule has 0 N–H and O–H groups in total. The number of amides is 1. The number of carbonyl (C=O) groups excluding carboxylic acids is 1. The fourth-order valence-electron chi connectivity index (χ4n) is 4.78. The van der Waals surface area contributed by atoms with Crippen molar-refractivity contribution in [2.24, 2.45) is 0 Å². The molecule has 4 rings (SSSR count). The zero-order valence-corrected chi connectivity index (χ0v) is 22.4. The van der Waals surface area contributed by atoms with Crippen LogP contribution >= 0.6 is 11.6 Å². The summed E-state index contributed by atoms with van der Waals surface area (Å²) >= 11 is 6.39. The van der Waals surface area contributed by atoms with Crippen LogP contribution in [0, 0.1) is 17.1 Å². The monoisotopic (exact) mass is 526 g/mol. The number of carbonyl (C=O) groups is 1. The van der Waals surface area contributed by atoms with Crippen LogP contribution in [0.1, 0.15) is 57.8 Å². The first kappa shape index (κ1) is 26.9. The number of likely N-dealkylation sites (tertiary alicyclic amines) is 1. The summed E-state index contributed by atoms with van der Waals surface area (Å²) in [6, 6.07) is 12.3. The van der Waals surface area contributed by atoms with Crippen LogP contribution in [0.4, 0.5) is 9.18 Å². The van der Waals surface area contributed by atoms with E-state index in [0.717, 1.165) is 22.0 Å². The van der Waals surface area contributed by atoms with E-state index in [9.17, 15) is 9.18 Å². The quantitative estimate of drug-likeness (QED) is 0.371. The lowest BCUT2D eigenvalue weighted by Gasteiger charge is -2.42. The number of aromatic nitrogens is 2. The minimum Gasteiger partial charge on any atom is -0.444 e. The topological polar surface area (TPSA) is 80.4 Å². The predicted molar refractivity (Wildman–Crippen MR) is 140 cm³/mol. The zero-order chi connectivity index (χ0) is 26.8. The Bertz CT molecular complexity index is 1300. The van der Waals surface area contributed by atoms with Gasteiger partial charge in [-0.1, -0.05) is 23.7 Å². The molecule has 37 heavy (non-hydrogen) atoms. The van der Waals surface area contributed by atoms with Crippen LogP contribution in [-0.4, -0.2) is 46.1 Å². The summed E-state index contributed by atoms with van der Waals surface area (Å²) in [5, 5.41) is 15.0. The van der Waals surface area contributed by atoms with Crippen molar-refractivity contribution < 1.29 is 18.7 Å². The van der Waals surface area contributed by atoms with Crippen LogP contribution in [0.3, 0.4) is 0 Å². The summed E-state index contributed by atoms with van der Waals surface area (Å²) in [5.41, 5.74) is 1.57.